The fourth-order valence-electron chi connectivity index (χ4n) is 1.37. The molecule has 0 saturated heterocycles. The summed E-state index contributed by atoms with van der Waals surface area (Å²) in [7, 11) is 3.70. The topological polar surface area (TPSA) is 67.7 Å². The summed E-state index contributed by atoms with van der Waals surface area (Å²) < 4.78 is 1.73. The third-order valence-corrected chi connectivity index (χ3v) is 2.06. The van der Waals surface area contributed by atoms with E-state index in [1.165, 1.54) is 0 Å². The highest BCUT2D eigenvalue weighted by Gasteiger charge is 2.02. The minimum Gasteiger partial charge on any atom is -0.373 e. The lowest BCUT2D eigenvalue weighted by atomic mass is 10.4. The van der Waals surface area contributed by atoms with Gasteiger partial charge in [0, 0.05) is 32.4 Å². The SMILES string of the molecule is CNc1cc(Nc2ccn(C)n2)nc(C)n1. The van der Waals surface area contributed by atoms with E-state index in [0.29, 0.717) is 5.82 Å². The van der Waals surface area contributed by atoms with Crippen LogP contribution in [0.5, 0.6) is 0 Å². The molecule has 84 valence electrons. The predicted octanol–water partition coefficient (Wildman–Crippen LogP) is 1.30. The van der Waals surface area contributed by atoms with Gasteiger partial charge in [-0.05, 0) is 6.92 Å². The molecule has 0 amide bonds. The lowest BCUT2D eigenvalue weighted by molar-refractivity contribution is 0.771. The molecule has 0 aromatic carbocycles. The van der Waals surface area contributed by atoms with Crippen LogP contribution < -0.4 is 10.6 Å². The van der Waals surface area contributed by atoms with E-state index in [9.17, 15) is 0 Å². The van der Waals surface area contributed by atoms with E-state index < -0.39 is 0 Å². The monoisotopic (exact) mass is 218 g/mol. The molecule has 0 aliphatic heterocycles. The minimum absolute atomic E-state index is 0.713. The summed E-state index contributed by atoms with van der Waals surface area (Å²) in [6.07, 6.45) is 1.87. The summed E-state index contributed by atoms with van der Waals surface area (Å²) in [5, 5.41) is 10.3. The molecule has 0 fully saturated rings. The van der Waals surface area contributed by atoms with E-state index in [0.717, 1.165) is 17.5 Å². The minimum atomic E-state index is 0.713. The smallest absolute Gasteiger partial charge is 0.153 e. The summed E-state index contributed by atoms with van der Waals surface area (Å²) in [6.45, 7) is 1.85. The Morgan fingerprint density at radius 1 is 1.19 bits per heavy atom. The number of aromatic nitrogens is 4. The maximum atomic E-state index is 4.27. The number of anilines is 3. The lowest BCUT2D eigenvalue weighted by Crippen LogP contribution is -2.01. The van der Waals surface area contributed by atoms with E-state index in [2.05, 4.69) is 25.7 Å². The first kappa shape index (κ1) is 10.4. The molecule has 6 heteroatoms. The van der Waals surface area contributed by atoms with Crippen molar-refractivity contribution in [1.82, 2.24) is 19.7 Å². The maximum absolute atomic E-state index is 4.27. The quantitative estimate of drug-likeness (QED) is 0.812. The molecule has 2 aromatic heterocycles. The van der Waals surface area contributed by atoms with Gasteiger partial charge in [0.05, 0.1) is 0 Å². The van der Waals surface area contributed by atoms with E-state index >= 15 is 0 Å². The van der Waals surface area contributed by atoms with Crippen LogP contribution in [0.4, 0.5) is 17.5 Å². The van der Waals surface area contributed by atoms with Crippen molar-refractivity contribution in [3.63, 3.8) is 0 Å². The number of rotatable bonds is 3. The Kier molecular flexibility index (Phi) is 2.72. The Morgan fingerprint density at radius 2 is 1.94 bits per heavy atom. The van der Waals surface area contributed by atoms with Crippen LogP contribution in [0.1, 0.15) is 5.82 Å². The van der Waals surface area contributed by atoms with Crippen LogP contribution in [0.3, 0.4) is 0 Å². The van der Waals surface area contributed by atoms with Gasteiger partial charge in [0.15, 0.2) is 5.82 Å². The zero-order valence-corrected chi connectivity index (χ0v) is 9.52. The third-order valence-electron chi connectivity index (χ3n) is 2.06. The highest BCUT2D eigenvalue weighted by Crippen LogP contribution is 2.15. The zero-order chi connectivity index (χ0) is 11.5. The fourth-order valence-corrected chi connectivity index (χ4v) is 1.37. The van der Waals surface area contributed by atoms with E-state index in [-0.39, 0.29) is 0 Å². The first-order valence-corrected chi connectivity index (χ1v) is 4.97. The van der Waals surface area contributed by atoms with Crippen molar-refractivity contribution in [2.45, 2.75) is 6.92 Å². The molecule has 0 aliphatic carbocycles. The molecular weight excluding hydrogens is 204 g/mol. The van der Waals surface area contributed by atoms with Crippen molar-refractivity contribution in [1.29, 1.82) is 0 Å². The van der Waals surface area contributed by atoms with Crippen molar-refractivity contribution < 1.29 is 0 Å². The lowest BCUT2D eigenvalue weighted by Gasteiger charge is -2.05. The van der Waals surface area contributed by atoms with Crippen LogP contribution in [-0.2, 0) is 7.05 Å². The van der Waals surface area contributed by atoms with Gasteiger partial charge in [-0.2, -0.15) is 5.10 Å². The van der Waals surface area contributed by atoms with Crippen LogP contribution in [0, 0.1) is 6.92 Å². The Labute approximate surface area is 93.7 Å². The Hall–Kier alpha value is -2.11. The second-order valence-corrected chi connectivity index (χ2v) is 3.44. The van der Waals surface area contributed by atoms with Gasteiger partial charge in [0.2, 0.25) is 0 Å². The average Bonchev–Trinajstić information content (AvgIpc) is 2.63. The molecule has 0 saturated carbocycles. The molecule has 16 heavy (non-hydrogen) atoms. The molecule has 0 spiro atoms. The third kappa shape index (κ3) is 2.28. The zero-order valence-electron chi connectivity index (χ0n) is 9.52. The van der Waals surface area contributed by atoms with Crippen LogP contribution in [0.15, 0.2) is 18.3 Å². The molecule has 6 nitrogen and oxygen atoms in total. The highest BCUT2D eigenvalue weighted by molar-refractivity contribution is 5.55. The standard InChI is InChI=1S/C10H14N6/c1-7-12-9(11-2)6-10(13-7)14-8-4-5-16(3)15-8/h4-6H,1-3H3,(H2,11,12,13,14,15). The van der Waals surface area contributed by atoms with Gasteiger partial charge in [-0.25, -0.2) is 9.97 Å². The molecule has 2 rings (SSSR count). The number of hydrogen-bond donors (Lipinski definition) is 2. The highest BCUT2D eigenvalue weighted by atomic mass is 15.3. The molecule has 2 N–H and O–H groups in total. The molecule has 0 aliphatic rings. The Morgan fingerprint density at radius 3 is 2.56 bits per heavy atom. The summed E-state index contributed by atoms with van der Waals surface area (Å²) in [5.41, 5.74) is 0. The number of nitrogens with zero attached hydrogens (tertiary/aromatic N) is 4. The molecule has 2 aromatic rings. The fraction of sp³-hybridized carbons (Fsp3) is 0.300. The van der Waals surface area contributed by atoms with E-state index in [1.54, 1.807) is 4.68 Å². The average molecular weight is 218 g/mol. The van der Waals surface area contributed by atoms with Gasteiger partial charge < -0.3 is 10.6 Å². The molecule has 2 heterocycles. The maximum Gasteiger partial charge on any atom is 0.153 e. The molecule has 0 atom stereocenters. The van der Waals surface area contributed by atoms with Gasteiger partial charge in [0.25, 0.3) is 0 Å². The Balaban J connectivity index is 2.24. The largest absolute Gasteiger partial charge is 0.373 e. The number of aryl methyl sites for hydroxylation is 2. The molecule has 0 unspecified atom stereocenters. The van der Waals surface area contributed by atoms with E-state index in [1.807, 2.05) is 39.3 Å². The first-order valence-electron chi connectivity index (χ1n) is 4.97. The van der Waals surface area contributed by atoms with Gasteiger partial charge in [0.1, 0.15) is 17.5 Å². The summed E-state index contributed by atoms with van der Waals surface area (Å²) in [4.78, 5) is 8.49. The van der Waals surface area contributed by atoms with Crippen LogP contribution in [-0.4, -0.2) is 26.8 Å². The van der Waals surface area contributed by atoms with Gasteiger partial charge in [-0.15, -0.1) is 0 Å². The second kappa shape index (κ2) is 4.18. The normalized spacial score (nSPS) is 10.2. The molecule has 0 radical (unpaired) electrons. The first-order chi connectivity index (χ1) is 7.67. The summed E-state index contributed by atoms with van der Waals surface area (Å²) >= 11 is 0. The predicted molar refractivity (Wildman–Crippen MR) is 62.8 cm³/mol. The van der Waals surface area contributed by atoms with Crippen LogP contribution in [0.25, 0.3) is 0 Å². The van der Waals surface area contributed by atoms with Crippen molar-refractivity contribution >= 4 is 17.5 Å². The molecule has 0 bridgehead atoms. The summed E-state index contributed by atoms with van der Waals surface area (Å²) in [5.74, 6) is 2.99. The van der Waals surface area contributed by atoms with Gasteiger partial charge in [-0.3, -0.25) is 4.68 Å². The van der Waals surface area contributed by atoms with Crippen molar-refractivity contribution in [3.8, 4) is 0 Å². The van der Waals surface area contributed by atoms with Crippen molar-refractivity contribution in [2.75, 3.05) is 17.7 Å². The second-order valence-electron chi connectivity index (χ2n) is 3.44. The van der Waals surface area contributed by atoms with Crippen LogP contribution >= 0.6 is 0 Å². The number of hydrogen-bond acceptors (Lipinski definition) is 5. The van der Waals surface area contributed by atoms with E-state index in [4.69, 9.17) is 0 Å². The Bertz CT molecular complexity index is 490. The van der Waals surface area contributed by atoms with Gasteiger partial charge in [-0.1, -0.05) is 0 Å². The van der Waals surface area contributed by atoms with Crippen LogP contribution in [0.2, 0.25) is 0 Å². The summed E-state index contributed by atoms with van der Waals surface area (Å²) in [6, 6.07) is 3.72. The van der Waals surface area contributed by atoms with Gasteiger partial charge >= 0.3 is 0 Å². The van der Waals surface area contributed by atoms with Crippen molar-refractivity contribution in [2.24, 2.45) is 7.05 Å². The van der Waals surface area contributed by atoms with Crippen molar-refractivity contribution in [3.05, 3.63) is 24.2 Å². The molecular formula is C10H14N6. The number of nitrogens with one attached hydrogen (secondary N) is 2.